The van der Waals surface area contributed by atoms with Gasteiger partial charge in [-0.15, -0.1) is 0 Å². The molecule has 0 bridgehead atoms. The summed E-state index contributed by atoms with van der Waals surface area (Å²) in [5, 5.41) is 10.5. The summed E-state index contributed by atoms with van der Waals surface area (Å²) in [6.07, 6.45) is 0.321. The number of rotatable bonds is 3. The van der Waals surface area contributed by atoms with Crippen molar-refractivity contribution in [2.24, 2.45) is 5.92 Å². The van der Waals surface area contributed by atoms with Gasteiger partial charge in [0, 0.05) is 24.1 Å². The Hall–Kier alpha value is -1.62. The molecule has 1 N–H and O–H groups in total. The maximum Gasteiger partial charge on any atom is 0.410 e. The van der Waals surface area contributed by atoms with E-state index in [4.69, 9.17) is 4.74 Å². The third-order valence-electron chi connectivity index (χ3n) is 4.26. The highest BCUT2D eigenvalue weighted by atomic mass is 19.1. The number of hydrogen-bond acceptors (Lipinski definition) is 3. The van der Waals surface area contributed by atoms with Gasteiger partial charge in [-0.2, -0.15) is 0 Å². The van der Waals surface area contributed by atoms with Crippen molar-refractivity contribution in [1.82, 2.24) is 4.90 Å². The molecule has 128 valence electrons. The van der Waals surface area contributed by atoms with Gasteiger partial charge in [-0.25, -0.2) is 9.18 Å². The van der Waals surface area contributed by atoms with E-state index in [1.165, 1.54) is 6.07 Å². The van der Waals surface area contributed by atoms with Crippen molar-refractivity contribution in [3.63, 3.8) is 0 Å². The van der Waals surface area contributed by atoms with E-state index in [1.54, 1.807) is 23.1 Å². The summed E-state index contributed by atoms with van der Waals surface area (Å²) < 4.78 is 19.3. The molecule has 1 heterocycles. The first-order valence-electron chi connectivity index (χ1n) is 8.13. The number of ether oxygens (including phenoxy) is 1. The van der Waals surface area contributed by atoms with Crippen LogP contribution in [0.5, 0.6) is 0 Å². The monoisotopic (exact) mass is 323 g/mol. The van der Waals surface area contributed by atoms with Crippen molar-refractivity contribution in [1.29, 1.82) is 0 Å². The maximum atomic E-state index is 13.9. The molecule has 23 heavy (non-hydrogen) atoms. The third kappa shape index (κ3) is 4.22. The molecule has 4 nitrogen and oxygen atoms in total. The average molecular weight is 323 g/mol. The van der Waals surface area contributed by atoms with Gasteiger partial charge >= 0.3 is 6.09 Å². The SMILES string of the molecule is CC(C(O)c1ccccc1F)C1CCCN1C(=O)OC(C)(C)C. The molecule has 3 atom stereocenters. The largest absolute Gasteiger partial charge is 0.444 e. The average Bonchev–Trinajstić information content (AvgIpc) is 2.94. The van der Waals surface area contributed by atoms with E-state index in [0.717, 1.165) is 12.8 Å². The standard InChI is InChI=1S/C18H26FNO3/c1-12(16(21)13-8-5-6-9-14(13)19)15-10-7-11-20(15)17(22)23-18(2,3)4/h5-6,8-9,12,15-16,21H,7,10-11H2,1-4H3. The van der Waals surface area contributed by atoms with Gasteiger partial charge in [0.15, 0.2) is 0 Å². The van der Waals surface area contributed by atoms with Crippen LogP contribution in [0.3, 0.4) is 0 Å². The molecule has 5 heteroatoms. The number of likely N-dealkylation sites (tertiary alicyclic amines) is 1. The Balaban J connectivity index is 2.13. The van der Waals surface area contributed by atoms with Crippen LogP contribution in [0.2, 0.25) is 0 Å². The highest BCUT2D eigenvalue weighted by Crippen LogP contribution is 2.34. The van der Waals surface area contributed by atoms with Gasteiger partial charge < -0.3 is 14.7 Å². The molecular formula is C18H26FNO3. The van der Waals surface area contributed by atoms with Gasteiger partial charge in [0.05, 0.1) is 6.10 Å². The van der Waals surface area contributed by atoms with Crippen molar-refractivity contribution in [3.05, 3.63) is 35.6 Å². The van der Waals surface area contributed by atoms with Crippen LogP contribution in [0.25, 0.3) is 0 Å². The number of hydrogen-bond donors (Lipinski definition) is 1. The predicted molar refractivity (Wildman–Crippen MR) is 86.5 cm³/mol. The van der Waals surface area contributed by atoms with E-state index in [2.05, 4.69) is 0 Å². The van der Waals surface area contributed by atoms with Crippen LogP contribution in [0.4, 0.5) is 9.18 Å². The summed E-state index contributed by atoms with van der Waals surface area (Å²) in [6, 6.07) is 6.07. The molecule has 3 unspecified atom stereocenters. The Bertz CT molecular complexity index is 555. The van der Waals surface area contributed by atoms with Crippen LogP contribution in [0.1, 0.15) is 52.2 Å². The number of aliphatic hydroxyl groups is 1. The van der Waals surface area contributed by atoms with Crippen molar-refractivity contribution in [3.8, 4) is 0 Å². The van der Waals surface area contributed by atoms with Gasteiger partial charge in [-0.1, -0.05) is 25.1 Å². The van der Waals surface area contributed by atoms with Gasteiger partial charge in [-0.05, 0) is 39.7 Å². The molecule has 1 saturated heterocycles. The minimum absolute atomic E-state index is 0.153. The fourth-order valence-electron chi connectivity index (χ4n) is 3.10. The number of carbonyl (C=O) groups excluding carboxylic acids is 1. The molecule has 0 saturated carbocycles. The quantitative estimate of drug-likeness (QED) is 0.918. The summed E-state index contributed by atoms with van der Waals surface area (Å²) in [5.41, 5.74) is -0.284. The molecule has 1 amide bonds. The lowest BCUT2D eigenvalue weighted by atomic mass is 9.89. The minimum atomic E-state index is -0.954. The van der Waals surface area contributed by atoms with E-state index in [-0.39, 0.29) is 23.6 Å². The second-order valence-corrected chi connectivity index (χ2v) is 7.21. The van der Waals surface area contributed by atoms with Crippen LogP contribution >= 0.6 is 0 Å². The van der Waals surface area contributed by atoms with Crippen molar-refractivity contribution in [2.45, 2.75) is 58.3 Å². The van der Waals surface area contributed by atoms with Crippen LogP contribution in [-0.2, 0) is 4.74 Å². The van der Waals surface area contributed by atoms with Crippen LogP contribution in [0, 0.1) is 11.7 Å². The Morgan fingerprint density at radius 2 is 2.04 bits per heavy atom. The molecule has 1 aliphatic rings. The molecule has 0 aliphatic carbocycles. The summed E-state index contributed by atoms with van der Waals surface area (Å²) in [4.78, 5) is 14.0. The fourth-order valence-corrected chi connectivity index (χ4v) is 3.10. The highest BCUT2D eigenvalue weighted by Gasteiger charge is 2.38. The summed E-state index contributed by atoms with van der Waals surface area (Å²) in [7, 11) is 0. The molecule has 1 fully saturated rings. The van der Waals surface area contributed by atoms with Crippen LogP contribution in [-0.4, -0.2) is 34.3 Å². The summed E-state index contributed by atoms with van der Waals surface area (Å²) >= 11 is 0. The molecule has 1 aromatic carbocycles. The van der Waals surface area contributed by atoms with Crippen LogP contribution < -0.4 is 0 Å². The normalized spacial score (nSPS) is 21.1. The highest BCUT2D eigenvalue weighted by molar-refractivity contribution is 5.69. The van der Waals surface area contributed by atoms with Crippen molar-refractivity contribution < 1.29 is 19.0 Å². The predicted octanol–water partition coefficient (Wildman–Crippen LogP) is 3.89. The first-order valence-corrected chi connectivity index (χ1v) is 8.13. The van der Waals surface area contributed by atoms with E-state index in [0.29, 0.717) is 6.54 Å². The van der Waals surface area contributed by atoms with Gasteiger partial charge in [0.25, 0.3) is 0 Å². The zero-order valence-electron chi connectivity index (χ0n) is 14.3. The number of aliphatic hydroxyl groups excluding tert-OH is 1. The number of amides is 1. The molecule has 0 aromatic heterocycles. The fraction of sp³-hybridized carbons (Fsp3) is 0.611. The first-order chi connectivity index (χ1) is 10.7. The Morgan fingerprint density at radius 1 is 1.39 bits per heavy atom. The van der Waals surface area contributed by atoms with E-state index >= 15 is 0 Å². The van der Waals surface area contributed by atoms with E-state index < -0.39 is 17.5 Å². The maximum absolute atomic E-state index is 13.9. The molecule has 0 spiro atoms. The van der Waals surface area contributed by atoms with Crippen molar-refractivity contribution in [2.75, 3.05) is 6.54 Å². The lowest BCUT2D eigenvalue weighted by molar-refractivity contribution is 0.00629. The Morgan fingerprint density at radius 3 is 2.65 bits per heavy atom. The lowest BCUT2D eigenvalue weighted by Crippen LogP contribution is -2.43. The first kappa shape index (κ1) is 17.7. The zero-order chi connectivity index (χ0) is 17.2. The summed E-state index contributed by atoms with van der Waals surface area (Å²) in [5.74, 6) is -0.699. The lowest BCUT2D eigenvalue weighted by Gasteiger charge is -2.33. The van der Waals surface area contributed by atoms with Crippen LogP contribution in [0.15, 0.2) is 24.3 Å². The molecular weight excluding hydrogens is 297 g/mol. The molecule has 1 aliphatic heterocycles. The number of benzene rings is 1. The second-order valence-electron chi connectivity index (χ2n) is 7.21. The Labute approximate surface area is 137 Å². The topological polar surface area (TPSA) is 49.8 Å². The van der Waals surface area contributed by atoms with Gasteiger partial charge in [0.1, 0.15) is 11.4 Å². The zero-order valence-corrected chi connectivity index (χ0v) is 14.3. The summed E-state index contributed by atoms with van der Waals surface area (Å²) in [6.45, 7) is 7.94. The van der Waals surface area contributed by atoms with E-state index in [1.807, 2.05) is 27.7 Å². The second kappa shape index (κ2) is 6.87. The number of halogens is 1. The smallest absolute Gasteiger partial charge is 0.410 e. The number of nitrogens with zero attached hydrogens (tertiary/aromatic N) is 1. The molecule has 0 radical (unpaired) electrons. The molecule has 1 aromatic rings. The third-order valence-corrected chi connectivity index (χ3v) is 4.26. The van der Waals surface area contributed by atoms with Crippen molar-refractivity contribution >= 4 is 6.09 Å². The van der Waals surface area contributed by atoms with E-state index in [9.17, 15) is 14.3 Å². The van der Waals surface area contributed by atoms with Gasteiger partial charge in [0.2, 0.25) is 0 Å². The Kier molecular flexibility index (Phi) is 5.30. The number of carbonyl (C=O) groups is 1. The van der Waals surface area contributed by atoms with Gasteiger partial charge in [-0.3, -0.25) is 0 Å². The minimum Gasteiger partial charge on any atom is -0.444 e. The molecule has 2 rings (SSSR count).